The van der Waals surface area contributed by atoms with Crippen molar-refractivity contribution in [1.82, 2.24) is 4.98 Å². The quantitative estimate of drug-likeness (QED) is 0.538. The third-order valence-electron chi connectivity index (χ3n) is 5.12. The highest BCUT2D eigenvalue weighted by Crippen LogP contribution is 2.41. The molecule has 6 heteroatoms. The van der Waals surface area contributed by atoms with E-state index in [2.05, 4.69) is 39.9 Å². The van der Waals surface area contributed by atoms with Crippen molar-refractivity contribution in [2.24, 2.45) is 0 Å². The van der Waals surface area contributed by atoms with Gasteiger partial charge < -0.3 is 15.7 Å². The average Bonchev–Trinajstić information content (AvgIpc) is 3.44. The fourth-order valence-electron chi connectivity index (χ4n) is 3.32. The lowest BCUT2D eigenvalue weighted by Crippen LogP contribution is -2.12. The summed E-state index contributed by atoms with van der Waals surface area (Å²) in [6.07, 6.45) is 4.13. The molecule has 1 fully saturated rings. The zero-order valence-corrected chi connectivity index (χ0v) is 16.8. The standard InChI is InChI=1S/C22H23N3O2S/c1-13-7-10-18(26)14(2)20(13)25-21(27)19-12-24-22(28-19)23-11-16-5-3-4-6-17(16)15-8-9-15/h3-7,10,12,15,26H,8-9,11H2,1-2H3,(H,23,24)(H,25,27). The first-order valence-electron chi connectivity index (χ1n) is 9.41. The fraction of sp³-hybridized carbons (Fsp3) is 0.273. The van der Waals surface area contributed by atoms with Gasteiger partial charge in [-0.1, -0.05) is 41.7 Å². The van der Waals surface area contributed by atoms with Crippen molar-refractivity contribution in [1.29, 1.82) is 0 Å². The summed E-state index contributed by atoms with van der Waals surface area (Å²) >= 11 is 1.33. The van der Waals surface area contributed by atoms with Crippen LogP contribution in [0.15, 0.2) is 42.6 Å². The van der Waals surface area contributed by atoms with E-state index in [-0.39, 0.29) is 11.7 Å². The van der Waals surface area contributed by atoms with Crippen molar-refractivity contribution >= 4 is 28.1 Å². The normalized spacial score (nSPS) is 13.4. The molecule has 1 aromatic heterocycles. The molecule has 1 amide bonds. The first kappa shape index (κ1) is 18.5. The number of thiazole rings is 1. The molecule has 3 aromatic rings. The Balaban J connectivity index is 1.43. The zero-order valence-electron chi connectivity index (χ0n) is 16.0. The van der Waals surface area contributed by atoms with Crippen LogP contribution in [0.3, 0.4) is 0 Å². The Morgan fingerprint density at radius 3 is 2.79 bits per heavy atom. The van der Waals surface area contributed by atoms with E-state index >= 15 is 0 Å². The van der Waals surface area contributed by atoms with E-state index in [0.29, 0.717) is 28.6 Å². The monoisotopic (exact) mass is 393 g/mol. The summed E-state index contributed by atoms with van der Waals surface area (Å²) in [5.74, 6) is 0.645. The minimum atomic E-state index is -0.222. The Labute approximate surface area is 168 Å². The molecule has 0 radical (unpaired) electrons. The van der Waals surface area contributed by atoms with Crippen LogP contribution in [0.5, 0.6) is 5.75 Å². The van der Waals surface area contributed by atoms with Gasteiger partial charge in [-0.3, -0.25) is 4.79 Å². The number of nitrogens with zero attached hydrogens (tertiary/aromatic N) is 1. The molecule has 2 aromatic carbocycles. The number of aryl methyl sites for hydroxylation is 1. The Morgan fingerprint density at radius 1 is 1.21 bits per heavy atom. The molecule has 5 nitrogen and oxygen atoms in total. The number of rotatable bonds is 6. The predicted molar refractivity (Wildman–Crippen MR) is 113 cm³/mol. The Morgan fingerprint density at radius 2 is 2.00 bits per heavy atom. The first-order chi connectivity index (χ1) is 13.5. The van der Waals surface area contributed by atoms with Crippen LogP contribution in [-0.4, -0.2) is 16.0 Å². The molecule has 0 bridgehead atoms. The van der Waals surface area contributed by atoms with E-state index in [1.807, 2.05) is 6.92 Å². The van der Waals surface area contributed by atoms with Gasteiger partial charge in [-0.25, -0.2) is 4.98 Å². The predicted octanol–water partition coefficient (Wildman–Crippen LogP) is 5.21. The van der Waals surface area contributed by atoms with Crippen LogP contribution in [-0.2, 0) is 6.54 Å². The second kappa shape index (κ2) is 7.64. The summed E-state index contributed by atoms with van der Waals surface area (Å²) < 4.78 is 0. The molecule has 144 valence electrons. The largest absolute Gasteiger partial charge is 0.508 e. The molecule has 1 saturated carbocycles. The van der Waals surface area contributed by atoms with Crippen LogP contribution in [0.25, 0.3) is 0 Å². The number of amides is 1. The molecule has 4 rings (SSSR count). The average molecular weight is 394 g/mol. The number of phenols is 1. The zero-order chi connectivity index (χ0) is 19.7. The number of hydrogen-bond acceptors (Lipinski definition) is 5. The van der Waals surface area contributed by atoms with Gasteiger partial charge in [-0.15, -0.1) is 0 Å². The highest BCUT2D eigenvalue weighted by Gasteiger charge is 2.25. The maximum Gasteiger partial charge on any atom is 0.267 e. The highest BCUT2D eigenvalue weighted by molar-refractivity contribution is 7.17. The lowest BCUT2D eigenvalue weighted by Gasteiger charge is -2.12. The summed E-state index contributed by atoms with van der Waals surface area (Å²) in [5.41, 5.74) is 4.92. The molecular weight excluding hydrogens is 370 g/mol. The number of phenolic OH excluding ortho intramolecular Hbond substituents is 1. The number of carbonyl (C=O) groups is 1. The van der Waals surface area contributed by atoms with Crippen LogP contribution in [0.2, 0.25) is 0 Å². The fourth-order valence-corrected chi connectivity index (χ4v) is 4.03. The minimum absolute atomic E-state index is 0.168. The second-order valence-corrected chi connectivity index (χ2v) is 8.24. The number of aromatic hydroxyl groups is 1. The number of anilines is 2. The number of carbonyl (C=O) groups excluding carboxylic acids is 1. The number of hydrogen-bond donors (Lipinski definition) is 3. The van der Waals surface area contributed by atoms with Crippen LogP contribution in [0.1, 0.15) is 50.7 Å². The molecule has 1 aliphatic carbocycles. The molecule has 1 aliphatic rings. The number of nitrogens with one attached hydrogen (secondary N) is 2. The van der Waals surface area contributed by atoms with Gasteiger partial charge in [0.25, 0.3) is 5.91 Å². The lowest BCUT2D eigenvalue weighted by molar-refractivity contribution is 0.103. The van der Waals surface area contributed by atoms with Crippen molar-refractivity contribution in [3.63, 3.8) is 0 Å². The number of aromatic nitrogens is 1. The molecular formula is C22H23N3O2S. The van der Waals surface area contributed by atoms with Crippen molar-refractivity contribution in [3.8, 4) is 5.75 Å². The van der Waals surface area contributed by atoms with Gasteiger partial charge >= 0.3 is 0 Å². The van der Waals surface area contributed by atoms with Crippen LogP contribution in [0.4, 0.5) is 10.8 Å². The van der Waals surface area contributed by atoms with Crippen LogP contribution in [0, 0.1) is 13.8 Å². The highest BCUT2D eigenvalue weighted by atomic mass is 32.1. The minimum Gasteiger partial charge on any atom is -0.508 e. The van der Waals surface area contributed by atoms with Crippen molar-refractivity contribution in [2.75, 3.05) is 10.6 Å². The van der Waals surface area contributed by atoms with Gasteiger partial charge in [0.1, 0.15) is 10.6 Å². The maximum atomic E-state index is 12.6. The van der Waals surface area contributed by atoms with E-state index in [4.69, 9.17) is 0 Å². The van der Waals surface area contributed by atoms with Crippen LogP contribution < -0.4 is 10.6 Å². The van der Waals surface area contributed by atoms with E-state index in [0.717, 1.165) is 10.7 Å². The smallest absolute Gasteiger partial charge is 0.267 e. The third kappa shape index (κ3) is 3.87. The van der Waals surface area contributed by atoms with Crippen LogP contribution >= 0.6 is 11.3 Å². The van der Waals surface area contributed by atoms with Gasteiger partial charge in [-0.2, -0.15) is 0 Å². The Bertz CT molecular complexity index is 1020. The van der Waals surface area contributed by atoms with Gasteiger partial charge in [0.15, 0.2) is 5.13 Å². The lowest BCUT2D eigenvalue weighted by atomic mass is 10.0. The summed E-state index contributed by atoms with van der Waals surface area (Å²) in [4.78, 5) is 17.5. The maximum absolute atomic E-state index is 12.6. The van der Waals surface area contributed by atoms with E-state index in [1.54, 1.807) is 25.3 Å². The van der Waals surface area contributed by atoms with Crippen molar-refractivity contribution in [3.05, 3.63) is 69.7 Å². The summed E-state index contributed by atoms with van der Waals surface area (Å²) in [6, 6.07) is 11.9. The summed E-state index contributed by atoms with van der Waals surface area (Å²) in [6.45, 7) is 4.39. The molecule has 0 spiro atoms. The van der Waals surface area contributed by atoms with E-state index < -0.39 is 0 Å². The number of benzene rings is 2. The van der Waals surface area contributed by atoms with Gasteiger partial charge in [-0.05, 0) is 55.4 Å². The van der Waals surface area contributed by atoms with Crippen molar-refractivity contribution < 1.29 is 9.90 Å². The molecule has 0 saturated heterocycles. The van der Waals surface area contributed by atoms with Crippen molar-refractivity contribution in [2.45, 2.75) is 39.2 Å². The first-order valence-corrected chi connectivity index (χ1v) is 10.2. The Kier molecular flexibility index (Phi) is 5.05. The van der Waals surface area contributed by atoms with E-state index in [1.165, 1.54) is 35.3 Å². The molecule has 0 unspecified atom stereocenters. The third-order valence-corrected chi connectivity index (χ3v) is 6.07. The SMILES string of the molecule is Cc1ccc(O)c(C)c1NC(=O)c1cnc(NCc2ccccc2C2CC2)s1. The molecule has 0 aliphatic heterocycles. The molecule has 0 atom stereocenters. The Hall–Kier alpha value is -2.86. The summed E-state index contributed by atoms with van der Waals surface area (Å²) in [7, 11) is 0. The van der Waals surface area contributed by atoms with Gasteiger partial charge in [0, 0.05) is 12.1 Å². The second-order valence-electron chi connectivity index (χ2n) is 7.21. The topological polar surface area (TPSA) is 74.2 Å². The molecule has 28 heavy (non-hydrogen) atoms. The van der Waals surface area contributed by atoms with Gasteiger partial charge in [0.2, 0.25) is 0 Å². The molecule has 1 heterocycles. The van der Waals surface area contributed by atoms with Gasteiger partial charge in [0.05, 0.1) is 11.9 Å². The molecule has 3 N–H and O–H groups in total. The van der Waals surface area contributed by atoms with E-state index in [9.17, 15) is 9.90 Å². The summed E-state index contributed by atoms with van der Waals surface area (Å²) in [5, 5.41) is 16.8.